The van der Waals surface area contributed by atoms with E-state index in [2.05, 4.69) is 15.4 Å². The maximum absolute atomic E-state index is 12.1. The largest absolute Gasteiger partial charge is 0.403 e. The van der Waals surface area contributed by atoms with Crippen molar-refractivity contribution in [1.29, 1.82) is 0 Å². The minimum absolute atomic E-state index is 0.0361. The number of ether oxygens (including phenoxy) is 1. The van der Waals surface area contributed by atoms with Crippen molar-refractivity contribution in [2.45, 2.75) is 26.2 Å². The van der Waals surface area contributed by atoms with Crippen LogP contribution in [0.3, 0.4) is 0 Å². The Kier molecular flexibility index (Phi) is 5.68. The summed E-state index contributed by atoms with van der Waals surface area (Å²) in [5.41, 5.74) is 1.98. The average molecular weight is 309 g/mol. The lowest BCUT2D eigenvalue weighted by Crippen LogP contribution is -2.19. The molecule has 0 spiro atoms. The number of nitrogens with one attached hydrogen (secondary N) is 2. The Morgan fingerprint density at radius 1 is 1.36 bits per heavy atom. The van der Waals surface area contributed by atoms with Crippen molar-refractivity contribution < 1.29 is 14.0 Å². The zero-order valence-corrected chi connectivity index (χ0v) is 12.6. The summed E-state index contributed by atoms with van der Waals surface area (Å²) in [6, 6.07) is 1.25. The van der Waals surface area contributed by atoms with E-state index in [-0.39, 0.29) is 17.1 Å². The van der Waals surface area contributed by atoms with E-state index in [9.17, 15) is 9.59 Å². The topological polar surface area (TPSA) is 106 Å². The Hall–Kier alpha value is -2.19. The summed E-state index contributed by atoms with van der Waals surface area (Å²) in [5.74, 6) is 0. The number of nitrogens with zero attached hydrogens (tertiary/aromatic N) is 1. The molecule has 0 radical (unpaired) electrons. The quantitative estimate of drug-likeness (QED) is 0.547. The van der Waals surface area contributed by atoms with E-state index in [1.54, 1.807) is 0 Å². The Labute approximate surface area is 126 Å². The molecule has 120 valence electrons. The van der Waals surface area contributed by atoms with Gasteiger partial charge in [-0.3, -0.25) is 9.78 Å². The second kappa shape index (κ2) is 7.71. The highest BCUT2D eigenvalue weighted by molar-refractivity contribution is 5.75. The Bertz CT molecular complexity index is 737. The SMILES string of the molecule is CCCOCCCc1cc(=O)oc2nc(ONC)[nH]c(=O)c12. The molecule has 0 saturated heterocycles. The van der Waals surface area contributed by atoms with E-state index >= 15 is 0 Å². The fourth-order valence-corrected chi connectivity index (χ4v) is 2.08. The van der Waals surface area contributed by atoms with Gasteiger partial charge in [-0.05, 0) is 24.8 Å². The van der Waals surface area contributed by atoms with Crippen molar-refractivity contribution in [3.63, 3.8) is 0 Å². The Balaban J connectivity index is 2.29. The lowest BCUT2D eigenvalue weighted by molar-refractivity contribution is 0.132. The molecular weight excluding hydrogens is 290 g/mol. The van der Waals surface area contributed by atoms with Crippen LogP contribution in [0.1, 0.15) is 25.3 Å². The van der Waals surface area contributed by atoms with Crippen LogP contribution in [-0.4, -0.2) is 30.2 Å². The number of fused-ring (bicyclic) bond motifs is 1. The summed E-state index contributed by atoms with van der Waals surface area (Å²) in [5, 5.41) is 0.263. The molecule has 0 bridgehead atoms. The van der Waals surface area contributed by atoms with Crippen molar-refractivity contribution in [3.8, 4) is 6.01 Å². The second-order valence-electron chi connectivity index (χ2n) is 4.66. The second-order valence-corrected chi connectivity index (χ2v) is 4.66. The number of H-pyrrole nitrogens is 1. The van der Waals surface area contributed by atoms with Crippen LogP contribution in [0.4, 0.5) is 0 Å². The summed E-state index contributed by atoms with van der Waals surface area (Å²) >= 11 is 0. The summed E-state index contributed by atoms with van der Waals surface area (Å²) in [6.45, 7) is 3.30. The van der Waals surface area contributed by atoms with Gasteiger partial charge in [0.2, 0.25) is 5.71 Å². The summed E-state index contributed by atoms with van der Waals surface area (Å²) in [4.78, 5) is 35.1. The third-order valence-electron chi connectivity index (χ3n) is 2.96. The fourth-order valence-electron chi connectivity index (χ4n) is 2.08. The molecule has 0 aliphatic rings. The minimum Gasteiger partial charge on any atom is -0.403 e. The van der Waals surface area contributed by atoms with Crippen LogP contribution < -0.4 is 21.5 Å². The third kappa shape index (κ3) is 3.92. The highest BCUT2D eigenvalue weighted by atomic mass is 16.7. The Morgan fingerprint density at radius 3 is 2.91 bits per heavy atom. The van der Waals surface area contributed by atoms with Gasteiger partial charge in [0.15, 0.2) is 0 Å². The van der Waals surface area contributed by atoms with Crippen molar-refractivity contribution in [3.05, 3.63) is 32.4 Å². The maximum atomic E-state index is 12.1. The van der Waals surface area contributed by atoms with Gasteiger partial charge in [-0.25, -0.2) is 4.79 Å². The molecule has 2 N–H and O–H groups in total. The standard InChI is InChI=1S/C14H19N3O5/c1-3-6-20-7-4-5-9-8-10(18)21-13-11(9)12(19)16-14(17-13)22-15-2/h8,15H,3-7H2,1-2H3,(H,16,17,19). The van der Waals surface area contributed by atoms with Crippen molar-refractivity contribution >= 4 is 11.1 Å². The first-order valence-electron chi connectivity index (χ1n) is 7.14. The van der Waals surface area contributed by atoms with Gasteiger partial charge >= 0.3 is 11.6 Å². The fraction of sp³-hybridized carbons (Fsp3) is 0.500. The average Bonchev–Trinajstić information content (AvgIpc) is 2.46. The smallest absolute Gasteiger partial charge is 0.337 e. The molecule has 8 heteroatoms. The minimum atomic E-state index is -0.550. The first-order chi connectivity index (χ1) is 10.7. The summed E-state index contributed by atoms with van der Waals surface area (Å²) in [7, 11) is 1.52. The van der Waals surface area contributed by atoms with E-state index in [0.29, 0.717) is 31.6 Å². The molecule has 2 rings (SSSR count). The van der Waals surface area contributed by atoms with Gasteiger partial charge in [-0.2, -0.15) is 10.5 Å². The number of hydrogen-bond acceptors (Lipinski definition) is 7. The molecule has 0 aliphatic heterocycles. The van der Waals surface area contributed by atoms with Crippen molar-refractivity contribution in [2.24, 2.45) is 0 Å². The molecule has 0 aliphatic carbocycles. The van der Waals surface area contributed by atoms with Gasteiger partial charge in [-0.15, -0.1) is 0 Å². The highest BCUT2D eigenvalue weighted by Crippen LogP contribution is 2.14. The van der Waals surface area contributed by atoms with E-state index < -0.39 is 11.2 Å². The lowest BCUT2D eigenvalue weighted by Gasteiger charge is -2.06. The number of rotatable bonds is 8. The van der Waals surface area contributed by atoms with Crippen LogP contribution in [0, 0.1) is 0 Å². The highest BCUT2D eigenvalue weighted by Gasteiger charge is 2.13. The van der Waals surface area contributed by atoms with Crippen LogP contribution in [-0.2, 0) is 11.2 Å². The molecule has 2 heterocycles. The van der Waals surface area contributed by atoms with Gasteiger partial charge in [0.1, 0.15) is 5.39 Å². The van der Waals surface area contributed by atoms with E-state index in [0.717, 1.165) is 6.42 Å². The zero-order chi connectivity index (χ0) is 15.9. The molecule has 0 amide bonds. The van der Waals surface area contributed by atoms with Gasteiger partial charge in [0.25, 0.3) is 5.56 Å². The van der Waals surface area contributed by atoms with Crippen LogP contribution >= 0.6 is 0 Å². The first-order valence-corrected chi connectivity index (χ1v) is 7.14. The lowest BCUT2D eigenvalue weighted by atomic mass is 10.1. The zero-order valence-electron chi connectivity index (χ0n) is 12.6. The first kappa shape index (κ1) is 16.2. The molecule has 0 unspecified atom stereocenters. The van der Waals surface area contributed by atoms with Crippen LogP contribution in [0.15, 0.2) is 20.1 Å². The van der Waals surface area contributed by atoms with Gasteiger partial charge < -0.3 is 14.0 Å². The third-order valence-corrected chi connectivity index (χ3v) is 2.96. The van der Waals surface area contributed by atoms with Gasteiger partial charge in [0, 0.05) is 26.3 Å². The van der Waals surface area contributed by atoms with Gasteiger partial charge in [-0.1, -0.05) is 6.92 Å². The molecule has 0 saturated carbocycles. The Morgan fingerprint density at radius 2 is 2.18 bits per heavy atom. The summed E-state index contributed by atoms with van der Waals surface area (Å²) < 4.78 is 10.4. The number of aromatic nitrogens is 2. The van der Waals surface area contributed by atoms with Gasteiger partial charge in [0.05, 0.1) is 0 Å². The molecule has 8 nitrogen and oxygen atoms in total. The maximum Gasteiger partial charge on any atom is 0.337 e. The van der Waals surface area contributed by atoms with E-state index in [1.165, 1.54) is 13.1 Å². The molecule has 0 atom stereocenters. The number of hydroxylamine groups is 1. The predicted octanol–water partition coefficient (Wildman–Crippen LogP) is 0.749. The summed E-state index contributed by atoms with van der Waals surface area (Å²) in [6.07, 6.45) is 2.19. The number of aromatic amines is 1. The van der Waals surface area contributed by atoms with Crippen LogP contribution in [0.25, 0.3) is 11.1 Å². The molecular formula is C14H19N3O5. The monoisotopic (exact) mass is 309 g/mol. The van der Waals surface area contributed by atoms with Crippen molar-refractivity contribution in [1.82, 2.24) is 15.4 Å². The normalized spacial score (nSPS) is 11.0. The molecule has 2 aromatic heterocycles. The van der Waals surface area contributed by atoms with E-state index in [4.69, 9.17) is 14.0 Å². The number of aryl methyl sites for hydroxylation is 1. The predicted molar refractivity (Wildman–Crippen MR) is 80.0 cm³/mol. The van der Waals surface area contributed by atoms with Crippen molar-refractivity contribution in [2.75, 3.05) is 20.3 Å². The molecule has 2 aromatic rings. The molecule has 0 fully saturated rings. The van der Waals surface area contributed by atoms with Crippen LogP contribution in [0.5, 0.6) is 6.01 Å². The number of hydrogen-bond donors (Lipinski definition) is 2. The molecule has 0 aromatic carbocycles. The molecule has 22 heavy (non-hydrogen) atoms. The van der Waals surface area contributed by atoms with Crippen LogP contribution in [0.2, 0.25) is 0 Å². The van der Waals surface area contributed by atoms with E-state index in [1.807, 2.05) is 6.92 Å².